The van der Waals surface area contributed by atoms with Gasteiger partial charge in [0.2, 0.25) is 5.91 Å². The second kappa shape index (κ2) is 26.6. The summed E-state index contributed by atoms with van der Waals surface area (Å²) >= 11 is 0. The summed E-state index contributed by atoms with van der Waals surface area (Å²) in [6.45, 7) is 19.0. The maximum absolute atomic E-state index is 14.0. The number of hydrogen-bond acceptors (Lipinski definition) is 14. The monoisotopic (exact) mass is 988 g/mol. The van der Waals surface area contributed by atoms with Gasteiger partial charge in [-0.15, -0.1) is 0 Å². The lowest BCUT2D eigenvalue weighted by atomic mass is 9.78. The highest BCUT2D eigenvalue weighted by Crippen LogP contribution is 2.38. The van der Waals surface area contributed by atoms with Gasteiger partial charge in [0.05, 0.1) is 42.2 Å². The molecule has 2 aromatic rings. The number of urea groups is 1. The number of anilines is 1. The van der Waals surface area contributed by atoms with Crippen LogP contribution in [-0.4, -0.2) is 179 Å². The highest BCUT2D eigenvalue weighted by Gasteiger charge is 2.48. The molecule has 2 aliphatic rings. The minimum atomic E-state index is -1.68. The number of hydrogen-bond donors (Lipinski definition) is 6. The van der Waals surface area contributed by atoms with Crippen LogP contribution < -0.4 is 11.1 Å². The zero-order valence-electron chi connectivity index (χ0n) is 44.3. The SMILES string of the molecule is CC[C@@H](OC)[C@@](C)(O)C(O)C(C)N(CCN(CCC(N)=O)C(=O)Nc1ccc2ccccc2c1)C[C@H](C)C[C@@](C)(O)[C@H](OC1CC(N(C)C)CC(C)O1)[C@@H](C)C(O[C@H]1CC(C)[C@@H](O)C(C)O1)C(C)C=O. The molecule has 17 atom stereocenters. The quantitative estimate of drug-likeness (QED) is 0.0619. The predicted molar refractivity (Wildman–Crippen MR) is 271 cm³/mol. The second-order valence-corrected chi connectivity index (χ2v) is 21.4. The highest BCUT2D eigenvalue weighted by molar-refractivity contribution is 5.93. The standard InChI is InChI=1S/C53H89N5O12/c1-14-43(66-13)53(10,65)49(62)37(7)58(24-23-57(22-21-44(54)60)51(63)55-41-20-19-39-17-15-16-18-40(39)27-41)30-32(2)29-52(9,64)50(70-46-28-42(56(11)12)26-35(5)67-46)36(6)48(34(4)31-59)69-45-25-33(3)47(61)38(8)68-45/h15-20,27,31-38,42-43,45-50,61-62,64-65H,14,21-26,28-30H2,1-13H3,(H2,54,60)(H,55,63)/t32-,33?,34?,35?,36+,37?,38?,42?,43-,45+,46?,47-,48?,49?,50-,52-,53-/m1/s1. The van der Waals surface area contributed by atoms with E-state index in [1.807, 2.05) is 103 Å². The Labute approximate surface area is 417 Å². The lowest BCUT2D eigenvalue weighted by Crippen LogP contribution is -2.60. The van der Waals surface area contributed by atoms with Crippen molar-refractivity contribution in [3.05, 3.63) is 42.5 Å². The zero-order valence-corrected chi connectivity index (χ0v) is 44.3. The van der Waals surface area contributed by atoms with Crippen LogP contribution in [0.3, 0.4) is 0 Å². The van der Waals surface area contributed by atoms with Crippen molar-refractivity contribution in [1.29, 1.82) is 0 Å². The van der Waals surface area contributed by atoms with Crippen molar-refractivity contribution in [2.24, 2.45) is 29.4 Å². The molecule has 0 aliphatic carbocycles. The molecular formula is C53H89N5O12. The molecule has 17 heteroatoms. The Kier molecular flexibility index (Phi) is 22.5. The lowest BCUT2D eigenvalue weighted by Gasteiger charge is -2.47. The van der Waals surface area contributed by atoms with E-state index in [1.165, 1.54) is 12.0 Å². The number of nitrogens with zero attached hydrogens (tertiary/aromatic N) is 3. The number of aliphatic hydroxyl groups is 4. The molecule has 9 unspecified atom stereocenters. The first kappa shape index (κ1) is 59.2. The minimum absolute atomic E-state index is 0.0310. The Morgan fingerprint density at radius 2 is 1.60 bits per heavy atom. The van der Waals surface area contributed by atoms with Gasteiger partial charge in [-0.3, -0.25) is 9.69 Å². The zero-order chi connectivity index (χ0) is 52.2. The summed E-state index contributed by atoms with van der Waals surface area (Å²) in [4.78, 5) is 44.4. The maximum atomic E-state index is 14.0. The maximum Gasteiger partial charge on any atom is 0.321 e. The number of methoxy groups -OCH3 is 1. The van der Waals surface area contributed by atoms with Crippen molar-refractivity contribution in [1.82, 2.24) is 14.7 Å². The van der Waals surface area contributed by atoms with E-state index in [0.29, 0.717) is 24.9 Å². The molecule has 0 saturated carbocycles. The molecule has 2 aromatic carbocycles. The number of carbonyl (C=O) groups is 3. The molecule has 0 radical (unpaired) electrons. The second-order valence-electron chi connectivity index (χ2n) is 21.4. The molecule has 17 nitrogen and oxygen atoms in total. The summed E-state index contributed by atoms with van der Waals surface area (Å²) < 4.78 is 31.8. The summed E-state index contributed by atoms with van der Waals surface area (Å²) in [5.41, 5.74) is 2.93. The van der Waals surface area contributed by atoms with Crippen molar-refractivity contribution < 1.29 is 58.5 Å². The number of rotatable bonds is 27. The van der Waals surface area contributed by atoms with Gasteiger partial charge in [0, 0.05) is 82.2 Å². The van der Waals surface area contributed by atoms with E-state index in [4.69, 9.17) is 29.4 Å². The molecule has 0 spiro atoms. The summed E-state index contributed by atoms with van der Waals surface area (Å²) in [7, 11) is 5.53. The van der Waals surface area contributed by atoms with Gasteiger partial charge in [0.25, 0.3) is 0 Å². The molecule has 2 saturated heterocycles. The Balaban J connectivity index is 1.68. The molecule has 2 aliphatic heterocycles. The van der Waals surface area contributed by atoms with Crippen LogP contribution in [-0.2, 0) is 33.3 Å². The number of amides is 3. The van der Waals surface area contributed by atoms with Crippen LogP contribution in [0.1, 0.15) is 108 Å². The van der Waals surface area contributed by atoms with Gasteiger partial charge >= 0.3 is 6.03 Å². The number of ether oxygens (including phenoxy) is 5. The molecule has 0 bridgehead atoms. The van der Waals surface area contributed by atoms with Crippen LogP contribution in [0.5, 0.6) is 0 Å². The normalized spacial score (nSPS) is 27.3. The van der Waals surface area contributed by atoms with E-state index in [1.54, 1.807) is 27.7 Å². The third kappa shape index (κ3) is 16.1. The Hall–Kier alpha value is -3.33. The van der Waals surface area contributed by atoms with Gasteiger partial charge in [0.15, 0.2) is 12.6 Å². The van der Waals surface area contributed by atoms with E-state index in [9.17, 15) is 34.8 Å². The number of primary amides is 1. The van der Waals surface area contributed by atoms with Crippen molar-refractivity contribution >= 4 is 34.7 Å². The summed E-state index contributed by atoms with van der Waals surface area (Å²) in [5.74, 6) is -2.21. The first-order valence-corrected chi connectivity index (χ1v) is 25.5. The fourth-order valence-corrected chi connectivity index (χ4v) is 10.8. The summed E-state index contributed by atoms with van der Waals surface area (Å²) in [6, 6.07) is 12.4. The smallest absolute Gasteiger partial charge is 0.321 e. The molecule has 2 heterocycles. The summed E-state index contributed by atoms with van der Waals surface area (Å²) in [6.07, 6.45) is -3.28. The third-order valence-corrected chi connectivity index (χ3v) is 14.9. The number of carbonyl (C=O) groups excluding carboxylic acids is 3. The van der Waals surface area contributed by atoms with Crippen molar-refractivity contribution in [3.8, 4) is 0 Å². The molecular weight excluding hydrogens is 899 g/mol. The first-order valence-electron chi connectivity index (χ1n) is 25.5. The van der Waals surface area contributed by atoms with E-state index in [0.717, 1.165) is 23.5 Å². The Morgan fingerprint density at radius 1 is 0.943 bits per heavy atom. The highest BCUT2D eigenvalue weighted by atomic mass is 16.7. The van der Waals surface area contributed by atoms with E-state index in [2.05, 4.69) is 10.2 Å². The molecule has 70 heavy (non-hydrogen) atoms. The van der Waals surface area contributed by atoms with Gasteiger partial charge < -0.3 is 69.8 Å². The number of aliphatic hydroxyl groups excluding tert-OH is 2. The average Bonchev–Trinajstić information content (AvgIpc) is 3.29. The number of nitrogens with one attached hydrogen (secondary N) is 1. The molecule has 398 valence electrons. The number of benzene rings is 2. The topological polar surface area (TPSA) is 226 Å². The van der Waals surface area contributed by atoms with Crippen LogP contribution in [0.25, 0.3) is 10.8 Å². The van der Waals surface area contributed by atoms with E-state index < -0.39 is 90.2 Å². The molecule has 3 amide bonds. The predicted octanol–water partition coefficient (Wildman–Crippen LogP) is 5.38. The van der Waals surface area contributed by atoms with Gasteiger partial charge in [-0.2, -0.15) is 0 Å². The Bertz CT molecular complexity index is 1920. The van der Waals surface area contributed by atoms with E-state index >= 15 is 0 Å². The molecule has 0 aromatic heterocycles. The number of aldehydes is 1. The van der Waals surface area contributed by atoms with Crippen LogP contribution in [0.4, 0.5) is 10.5 Å². The van der Waals surface area contributed by atoms with Crippen molar-refractivity contribution in [2.75, 3.05) is 52.7 Å². The largest absolute Gasteiger partial charge is 0.390 e. The van der Waals surface area contributed by atoms with Gasteiger partial charge in [0.1, 0.15) is 18.0 Å². The summed E-state index contributed by atoms with van der Waals surface area (Å²) in [5, 5.41) is 52.3. The van der Waals surface area contributed by atoms with Crippen molar-refractivity contribution in [2.45, 2.75) is 186 Å². The van der Waals surface area contributed by atoms with Crippen molar-refractivity contribution in [3.63, 3.8) is 0 Å². The van der Waals surface area contributed by atoms with Crippen LogP contribution in [0.15, 0.2) is 42.5 Å². The fourth-order valence-electron chi connectivity index (χ4n) is 10.8. The first-order chi connectivity index (χ1) is 32.8. The molecule has 7 N–H and O–H groups in total. The van der Waals surface area contributed by atoms with Gasteiger partial charge in [-0.05, 0) is 103 Å². The molecule has 4 rings (SSSR count). The number of nitrogens with two attached hydrogens (primary N) is 1. The third-order valence-electron chi connectivity index (χ3n) is 14.9. The Morgan fingerprint density at radius 3 is 2.20 bits per heavy atom. The van der Waals surface area contributed by atoms with E-state index in [-0.39, 0.29) is 63.0 Å². The van der Waals surface area contributed by atoms with Crippen LogP contribution >= 0.6 is 0 Å². The average molecular weight is 988 g/mol. The van der Waals surface area contributed by atoms with Crippen LogP contribution in [0, 0.1) is 23.7 Å². The number of fused-ring (bicyclic) bond motifs is 1. The molecule has 2 fully saturated rings. The lowest BCUT2D eigenvalue weighted by molar-refractivity contribution is -0.289. The van der Waals surface area contributed by atoms with Crippen LogP contribution in [0.2, 0.25) is 0 Å². The minimum Gasteiger partial charge on any atom is -0.390 e. The van der Waals surface area contributed by atoms with Gasteiger partial charge in [-0.1, -0.05) is 65.0 Å². The van der Waals surface area contributed by atoms with Gasteiger partial charge in [-0.25, -0.2) is 4.79 Å². The fraction of sp³-hybridized carbons (Fsp3) is 0.755.